The first kappa shape index (κ1) is 15.7. The van der Waals surface area contributed by atoms with E-state index >= 15 is 0 Å². The number of carbonyl (C=O) groups excluding carboxylic acids is 1. The van der Waals surface area contributed by atoms with Crippen LogP contribution in [0, 0.1) is 0 Å². The topological polar surface area (TPSA) is 79.4 Å². The van der Waals surface area contributed by atoms with Gasteiger partial charge in [-0.25, -0.2) is 13.4 Å². The van der Waals surface area contributed by atoms with Crippen molar-refractivity contribution >= 4 is 33.2 Å². The summed E-state index contributed by atoms with van der Waals surface area (Å²) in [5.74, 6) is 0.0862. The zero-order chi connectivity index (χ0) is 14.6. The molecule has 8 heteroatoms. The largest absolute Gasteiger partial charge is 0.372 e. The molecule has 0 fully saturated rings. The Bertz CT molecular complexity index is 575. The van der Waals surface area contributed by atoms with Crippen molar-refractivity contribution in [3.8, 4) is 0 Å². The van der Waals surface area contributed by atoms with Crippen LogP contribution in [0.4, 0.5) is 5.82 Å². The minimum absolute atomic E-state index is 0.0784. The lowest BCUT2D eigenvalue weighted by Gasteiger charge is -2.16. The van der Waals surface area contributed by atoms with Crippen molar-refractivity contribution in [2.75, 3.05) is 38.0 Å². The third-order valence-corrected chi connectivity index (χ3v) is 3.68. The Labute approximate surface area is 117 Å². The van der Waals surface area contributed by atoms with Gasteiger partial charge in [0, 0.05) is 33.1 Å². The second kappa shape index (κ2) is 6.21. The van der Waals surface area contributed by atoms with Crippen LogP contribution in [0.2, 0.25) is 5.02 Å². The number of halogens is 1. The Morgan fingerprint density at radius 2 is 2.16 bits per heavy atom. The van der Waals surface area contributed by atoms with E-state index in [1.54, 1.807) is 7.05 Å². The summed E-state index contributed by atoms with van der Waals surface area (Å²) in [5.41, 5.74) is 0.319. The Morgan fingerprint density at radius 1 is 1.53 bits per heavy atom. The Morgan fingerprint density at radius 3 is 2.63 bits per heavy atom. The van der Waals surface area contributed by atoms with Gasteiger partial charge in [-0.3, -0.25) is 4.79 Å². The lowest BCUT2D eigenvalue weighted by atomic mass is 10.2. The molecule has 0 radical (unpaired) electrons. The molecule has 0 spiro atoms. The second-order valence-electron chi connectivity index (χ2n) is 4.16. The van der Waals surface area contributed by atoms with Crippen molar-refractivity contribution in [2.45, 2.75) is 0 Å². The van der Waals surface area contributed by atoms with Gasteiger partial charge in [-0.15, -0.1) is 0 Å². The number of pyridine rings is 1. The summed E-state index contributed by atoms with van der Waals surface area (Å²) in [5, 5.41) is 3.13. The predicted octanol–water partition coefficient (Wildman–Crippen LogP) is 0.893. The average Bonchev–Trinajstić information content (AvgIpc) is 2.34. The molecule has 1 heterocycles. The molecule has 19 heavy (non-hydrogen) atoms. The van der Waals surface area contributed by atoms with Crippen molar-refractivity contribution in [1.29, 1.82) is 0 Å². The van der Waals surface area contributed by atoms with Crippen molar-refractivity contribution in [3.63, 3.8) is 0 Å². The predicted molar refractivity (Wildman–Crippen MR) is 75.5 cm³/mol. The Hall–Kier alpha value is -1.34. The Kier molecular flexibility index (Phi) is 5.13. The molecular weight excluding hydrogens is 290 g/mol. The molecule has 0 aliphatic rings. The van der Waals surface area contributed by atoms with Crippen LogP contribution >= 0.6 is 11.6 Å². The smallest absolute Gasteiger partial charge is 0.255 e. The fraction of sp³-hybridized carbons (Fsp3) is 0.455. The monoisotopic (exact) mass is 305 g/mol. The van der Waals surface area contributed by atoms with E-state index in [0.717, 1.165) is 6.26 Å². The number of aromatic nitrogens is 1. The third kappa shape index (κ3) is 4.68. The van der Waals surface area contributed by atoms with Crippen LogP contribution in [-0.4, -0.2) is 56.9 Å². The summed E-state index contributed by atoms with van der Waals surface area (Å²) in [7, 11) is 0.110. The molecule has 0 saturated heterocycles. The molecule has 6 nitrogen and oxygen atoms in total. The number of sulfone groups is 1. The van der Waals surface area contributed by atoms with Crippen LogP contribution < -0.4 is 5.32 Å². The maximum Gasteiger partial charge on any atom is 0.255 e. The van der Waals surface area contributed by atoms with Crippen LogP contribution in [0.3, 0.4) is 0 Å². The molecule has 1 N–H and O–H groups in total. The Balaban J connectivity index is 2.80. The average molecular weight is 306 g/mol. The molecule has 106 valence electrons. The first-order chi connectivity index (χ1) is 8.74. The summed E-state index contributed by atoms with van der Waals surface area (Å²) in [6.45, 7) is 0.128. The summed E-state index contributed by atoms with van der Waals surface area (Å²) in [4.78, 5) is 17.4. The van der Waals surface area contributed by atoms with Crippen LogP contribution in [0.5, 0.6) is 0 Å². The molecule has 0 aliphatic carbocycles. The molecule has 0 bridgehead atoms. The number of rotatable bonds is 5. The molecule has 1 aromatic rings. The van der Waals surface area contributed by atoms with Gasteiger partial charge in [0.05, 0.1) is 16.3 Å². The normalized spacial score (nSPS) is 11.2. The summed E-state index contributed by atoms with van der Waals surface area (Å²) in [6.07, 6.45) is 2.53. The number of carbonyl (C=O) groups is 1. The highest BCUT2D eigenvalue weighted by Crippen LogP contribution is 2.20. The fourth-order valence-electron chi connectivity index (χ4n) is 1.36. The standard InChI is InChI=1S/C11H16ClN3O3S/c1-13-10-9(12)6-8(7-14-10)11(16)15(2)4-5-19(3,17)18/h6-7H,4-5H2,1-3H3,(H,13,14). The van der Waals surface area contributed by atoms with Gasteiger partial charge in [0.2, 0.25) is 0 Å². The molecular formula is C11H16ClN3O3S. The van der Waals surface area contributed by atoms with Gasteiger partial charge in [-0.2, -0.15) is 0 Å². The van der Waals surface area contributed by atoms with Crippen molar-refractivity contribution < 1.29 is 13.2 Å². The van der Waals surface area contributed by atoms with Gasteiger partial charge < -0.3 is 10.2 Å². The molecule has 1 aromatic heterocycles. The quantitative estimate of drug-likeness (QED) is 0.874. The van der Waals surface area contributed by atoms with Gasteiger partial charge >= 0.3 is 0 Å². The van der Waals surface area contributed by atoms with Gasteiger partial charge in [-0.1, -0.05) is 11.6 Å². The van der Waals surface area contributed by atoms with E-state index in [1.165, 1.54) is 24.2 Å². The number of nitrogens with one attached hydrogen (secondary N) is 1. The maximum absolute atomic E-state index is 12.0. The van der Waals surface area contributed by atoms with E-state index in [2.05, 4.69) is 10.3 Å². The molecule has 0 saturated carbocycles. The van der Waals surface area contributed by atoms with Crippen molar-refractivity contribution in [1.82, 2.24) is 9.88 Å². The van der Waals surface area contributed by atoms with E-state index in [0.29, 0.717) is 16.4 Å². The van der Waals surface area contributed by atoms with Crippen molar-refractivity contribution in [2.24, 2.45) is 0 Å². The lowest BCUT2D eigenvalue weighted by molar-refractivity contribution is 0.0803. The lowest BCUT2D eigenvalue weighted by Crippen LogP contribution is -2.31. The number of amides is 1. The first-order valence-corrected chi connectivity index (χ1v) is 7.95. The number of hydrogen-bond acceptors (Lipinski definition) is 5. The van der Waals surface area contributed by atoms with Gasteiger partial charge in [0.15, 0.2) is 0 Å². The highest BCUT2D eigenvalue weighted by molar-refractivity contribution is 7.90. The van der Waals surface area contributed by atoms with E-state index in [-0.39, 0.29) is 18.2 Å². The van der Waals surface area contributed by atoms with E-state index in [1.807, 2.05) is 0 Å². The number of hydrogen-bond donors (Lipinski definition) is 1. The maximum atomic E-state index is 12.0. The second-order valence-corrected chi connectivity index (χ2v) is 6.83. The minimum Gasteiger partial charge on any atom is -0.372 e. The molecule has 1 rings (SSSR count). The molecule has 0 aromatic carbocycles. The van der Waals surface area contributed by atoms with E-state index in [9.17, 15) is 13.2 Å². The van der Waals surface area contributed by atoms with Crippen molar-refractivity contribution in [3.05, 3.63) is 22.8 Å². The van der Waals surface area contributed by atoms with E-state index < -0.39 is 9.84 Å². The minimum atomic E-state index is -3.10. The molecule has 0 atom stereocenters. The number of anilines is 1. The summed E-state index contributed by atoms with van der Waals surface area (Å²) < 4.78 is 22.1. The highest BCUT2D eigenvalue weighted by Gasteiger charge is 2.15. The first-order valence-electron chi connectivity index (χ1n) is 5.51. The number of nitrogens with zero attached hydrogens (tertiary/aromatic N) is 2. The fourth-order valence-corrected chi connectivity index (χ4v) is 2.23. The van der Waals surface area contributed by atoms with Gasteiger partial charge in [-0.05, 0) is 6.07 Å². The summed E-state index contributed by atoms with van der Waals surface area (Å²) >= 11 is 5.94. The zero-order valence-electron chi connectivity index (χ0n) is 11.0. The van der Waals surface area contributed by atoms with Crippen LogP contribution in [-0.2, 0) is 9.84 Å². The SMILES string of the molecule is CNc1ncc(C(=O)N(C)CCS(C)(=O)=O)cc1Cl. The molecule has 0 aliphatic heterocycles. The van der Waals surface area contributed by atoms with Crippen LogP contribution in [0.25, 0.3) is 0 Å². The third-order valence-electron chi connectivity index (χ3n) is 2.47. The van der Waals surface area contributed by atoms with Crippen LogP contribution in [0.15, 0.2) is 12.3 Å². The molecule has 1 amide bonds. The van der Waals surface area contributed by atoms with E-state index in [4.69, 9.17) is 11.6 Å². The summed E-state index contributed by atoms with van der Waals surface area (Å²) in [6, 6.07) is 1.50. The zero-order valence-corrected chi connectivity index (χ0v) is 12.5. The van der Waals surface area contributed by atoms with Gasteiger partial charge in [0.25, 0.3) is 5.91 Å². The molecule has 0 unspecified atom stereocenters. The van der Waals surface area contributed by atoms with Gasteiger partial charge in [0.1, 0.15) is 15.7 Å². The highest BCUT2D eigenvalue weighted by atomic mass is 35.5. The van der Waals surface area contributed by atoms with Crippen LogP contribution in [0.1, 0.15) is 10.4 Å².